The minimum absolute atomic E-state index is 0.664. The largest absolute Gasteiger partial charge is 0.497 e. The number of pyridine rings is 2. The Balaban J connectivity index is 1.43. The van der Waals surface area contributed by atoms with Gasteiger partial charge in [0, 0.05) is 12.4 Å². The molecule has 4 aromatic rings. The van der Waals surface area contributed by atoms with Crippen molar-refractivity contribution in [3.8, 4) is 16.3 Å². The highest BCUT2D eigenvalue weighted by molar-refractivity contribution is 7.13. The molecule has 0 radical (unpaired) electrons. The van der Waals surface area contributed by atoms with Gasteiger partial charge in [-0.15, -0.1) is 11.3 Å². The van der Waals surface area contributed by atoms with E-state index in [1.54, 1.807) is 42.6 Å². The number of benzene rings is 1. The van der Waals surface area contributed by atoms with Crippen LogP contribution in [0, 0.1) is 6.92 Å². The molecule has 0 spiro atoms. The zero-order valence-electron chi connectivity index (χ0n) is 18.3. The molecular weight excluding hydrogens is 432 g/mol. The maximum Gasteiger partial charge on any atom is 0.132 e. The van der Waals surface area contributed by atoms with Crippen molar-refractivity contribution in [2.75, 3.05) is 12.4 Å². The van der Waals surface area contributed by atoms with Gasteiger partial charge in [-0.1, -0.05) is 6.58 Å². The van der Waals surface area contributed by atoms with Gasteiger partial charge in [-0.3, -0.25) is 4.98 Å². The molecule has 0 unspecified atom stereocenters. The first kappa shape index (κ1) is 22.0. The first-order valence-electron chi connectivity index (χ1n) is 10.1. The fourth-order valence-electron chi connectivity index (χ4n) is 3.00. The van der Waals surface area contributed by atoms with E-state index in [0.29, 0.717) is 11.6 Å². The molecule has 0 saturated carbocycles. The number of aromatic nitrogens is 3. The summed E-state index contributed by atoms with van der Waals surface area (Å²) in [6.45, 7) is 6.12. The van der Waals surface area contributed by atoms with Crippen molar-refractivity contribution >= 4 is 41.0 Å². The van der Waals surface area contributed by atoms with Crippen molar-refractivity contribution < 1.29 is 4.74 Å². The Morgan fingerprint density at radius 1 is 1.09 bits per heavy atom. The van der Waals surface area contributed by atoms with E-state index < -0.39 is 0 Å². The number of nitrogens with one attached hydrogen (secondary N) is 1. The molecule has 0 amide bonds. The fraction of sp³-hybridized carbons (Fsp3) is 0.0800. The van der Waals surface area contributed by atoms with Crippen molar-refractivity contribution in [3.63, 3.8) is 0 Å². The first-order chi connectivity index (χ1) is 16.1. The summed E-state index contributed by atoms with van der Waals surface area (Å²) in [5, 5.41) is 11.5. The van der Waals surface area contributed by atoms with E-state index in [9.17, 15) is 0 Å². The van der Waals surface area contributed by atoms with E-state index >= 15 is 0 Å². The lowest BCUT2D eigenvalue weighted by atomic mass is 10.1. The molecule has 0 aliphatic rings. The summed E-state index contributed by atoms with van der Waals surface area (Å²) in [5.41, 5.74) is 6.30. The molecule has 8 heteroatoms. The Kier molecular flexibility index (Phi) is 6.96. The summed E-state index contributed by atoms with van der Waals surface area (Å²) in [5.74, 6) is 2.18. The lowest BCUT2D eigenvalue weighted by Crippen LogP contribution is -1.98. The third-order valence-electron chi connectivity index (χ3n) is 4.64. The number of anilines is 2. The molecule has 4 rings (SSSR count). The van der Waals surface area contributed by atoms with Crippen molar-refractivity contribution in [3.05, 3.63) is 89.7 Å². The molecule has 0 aliphatic heterocycles. The summed E-state index contributed by atoms with van der Waals surface area (Å²) in [6, 6.07) is 15.4. The second-order valence-electron chi connectivity index (χ2n) is 7.12. The number of thiazole rings is 1. The van der Waals surface area contributed by atoms with Crippen LogP contribution in [0.3, 0.4) is 0 Å². The number of hydrogen-bond acceptors (Lipinski definition) is 8. The van der Waals surface area contributed by atoms with Crippen LogP contribution in [0.15, 0.2) is 83.2 Å². The molecule has 3 heterocycles. The molecule has 0 fully saturated rings. The van der Waals surface area contributed by atoms with Crippen molar-refractivity contribution in [1.82, 2.24) is 15.0 Å². The van der Waals surface area contributed by atoms with Gasteiger partial charge in [-0.2, -0.15) is 10.2 Å². The molecule has 0 atom stereocenters. The first-order valence-corrected chi connectivity index (χ1v) is 11.0. The van der Waals surface area contributed by atoms with Gasteiger partial charge < -0.3 is 10.1 Å². The lowest BCUT2D eigenvalue weighted by molar-refractivity contribution is 0.415. The maximum absolute atomic E-state index is 5.15. The Bertz CT molecular complexity index is 1300. The maximum atomic E-state index is 5.15. The minimum atomic E-state index is 0.664. The van der Waals surface area contributed by atoms with Gasteiger partial charge >= 0.3 is 0 Å². The molecule has 164 valence electrons. The van der Waals surface area contributed by atoms with Crippen LogP contribution >= 0.6 is 11.3 Å². The SMILES string of the molecule is C=C(/C=N\N=C/c1ccc(OC)cc1)c1ccnc(Nc2cc(C)cc(-c3cncs3)n2)c1. The van der Waals surface area contributed by atoms with Gasteiger partial charge in [0.2, 0.25) is 0 Å². The summed E-state index contributed by atoms with van der Waals surface area (Å²) in [4.78, 5) is 14.2. The van der Waals surface area contributed by atoms with Gasteiger partial charge in [-0.25, -0.2) is 9.97 Å². The predicted octanol–water partition coefficient (Wildman–Crippen LogP) is 5.78. The Morgan fingerprint density at radius 3 is 2.70 bits per heavy atom. The number of aryl methyl sites for hydroxylation is 1. The summed E-state index contributed by atoms with van der Waals surface area (Å²) >= 11 is 1.56. The summed E-state index contributed by atoms with van der Waals surface area (Å²) in [6.07, 6.45) is 6.82. The van der Waals surface area contributed by atoms with E-state index in [0.717, 1.165) is 38.6 Å². The van der Waals surface area contributed by atoms with E-state index in [-0.39, 0.29) is 0 Å². The Labute approximate surface area is 196 Å². The second kappa shape index (κ2) is 10.4. The zero-order valence-corrected chi connectivity index (χ0v) is 19.1. The van der Waals surface area contributed by atoms with Crippen LogP contribution < -0.4 is 10.1 Å². The van der Waals surface area contributed by atoms with Crippen LogP contribution in [0.5, 0.6) is 5.75 Å². The Hall–Kier alpha value is -4.17. The van der Waals surface area contributed by atoms with Gasteiger partial charge in [-0.05, 0) is 77.7 Å². The lowest BCUT2D eigenvalue weighted by Gasteiger charge is -2.09. The molecule has 1 N–H and O–H groups in total. The number of methoxy groups -OCH3 is 1. The average Bonchev–Trinajstić information content (AvgIpc) is 3.37. The highest BCUT2D eigenvalue weighted by Crippen LogP contribution is 2.25. The number of allylic oxidation sites excluding steroid dienone is 1. The van der Waals surface area contributed by atoms with Gasteiger partial charge in [0.05, 0.1) is 35.6 Å². The molecule has 0 aliphatic carbocycles. The highest BCUT2D eigenvalue weighted by atomic mass is 32.1. The van der Waals surface area contributed by atoms with Crippen LogP contribution in [0.2, 0.25) is 0 Å². The van der Waals surface area contributed by atoms with Gasteiger partial charge in [0.15, 0.2) is 0 Å². The van der Waals surface area contributed by atoms with Gasteiger partial charge in [0.1, 0.15) is 17.4 Å². The molecule has 7 nitrogen and oxygen atoms in total. The van der Waals surface area contributed by atoms with Crippen LogP contribution in [-0.4, -0.2) is 34.5 Å². The summed E-state index contributed by atoms with van der Waals surface area (Å²) < 4.78 is 5.15. The smallest absolute Gasteiger partial charge is 0.132 e. The number of hydrogen-bond donors (Lipinski definition) is 1. The second-order valence-corrected chi connectivity index (χ2v) is 8.01. The quantitative estimate of drug-likeness (QED) is 0.269. The molecule has 3 aromatic heterocycles. The zero-order chi connectivity index (χ0) is 23.0. The minimum Gasteiger partial charge on any atom is -0.497 e. The molecule has 0 bridgehead atoms. The van der Waals surface area contributed by atoms with Crippen LogP contribution in [0.4, 0.5) is 11.6 Å². The number of ether oxygens (including phenoxy) is 1. The number of rotatable bonds is 8. The predicted molar refractivity (Wildman–Crippen MR) is 136 cm³/mol. The molecule has 1 aromatic carbocycles. The van der Waals surface area contributed by atoms with Crippen molar-refractivity contribution in [2.45, 2.75) is 6.92 Å². The molecule has 0 saturated heterocycles. The normalized spacial score (nSPS) is 11.2. The van der Waals surface area contributed by atoms with Gasteiger partial charge in [0.25, 0.3) is 0 Å². The van der Waals surface area contributed by atoms with E-state index in [2.05, 4.69) is 37.1 Å². The average molecular weight is 455 g/mol. The van der Waals surface area contributed by atoms with Crippen LogP contribution in [-0.2, 0) is 0 Å². The topological polar surface area (TPSA) is 84.7 Å². The number of nitrogens with zero attached hydrogens (tertiary/aromatic N) is 5. The third-order valence-corrected chi connectivity index (χ3v) is 5.44. The Morgan fingerprint density at radius 2 is 1.94 bits per heavy atom. The van der Waals surface area contributed by atoms with E-state index in [1.807, 2.05) is 61.7 Å². The van der Waals surface area contributed by atoms with E-state index in [1.165, 1.54) is 0 Å². The highest BCUT2D eigenvalue weighted by Gasteiger charge is 2.07. The summed E-state index contributed by atoms with van der Waals surface area (Å²) in [7, 11) is 1.64. The standard InChI is InChI=1S/C25H22N6OS/c1-17-10-22(23-15-26-16-33-23)30-25(11-17)31-24-12-20(8-9-27-24)18(2)13-28-29-14-19-4-6-21(32-3)7-5-19/h4-16H,2H2,1,3H3,(H,27,30,31)/b28-13-,29-14-. The molecule has 33 heavy (non-hydrogen) atoms. The van der Waals surface area contributed by atoms with Crippen LogP contribution in [0.25, 0.3) is 16.1 Å². The monoisotopic (exact) mass is 454 g/mol. The van der Waals surface area contributed by atoms with Crippen molar-refractivity contribution in [2.24, 2.45) is 10.2 Å². The van der Waals surface area contributed by atoms with Crippen LogP contribution in [0.1, 0.15) is 16.7 Å². The molecular formula is C25H22N6OS. The fourth-order valence-corrected chi connectivity index (χ4v) is 3.58. The van der Waals surface area contributed by atoms with Crippen molar-refractivity contribution in [1.29, 1.82) is 0 Å². The van der Waals surface area contributed by atoms with E-state index in [4.69, 9.17) is 4.74 Å². The third kappa shape index (κ3) is 5.96.